The zero-order valence-electron chi connectivity index (χ0n) is 22.0. The van der Waals surface area contributed by atoms with Crippen LogP contribution in [0.1, 0.15) is 29.6 Å². The van der Waals surface area contributed by atoms with E-state index in [2.05, 4.69) is 10.6 Å². The van der Waals surface area contributed by atoms with Gasteiger partial charge < -0.3 is 25.2 Å². The molecule has 2 bridgehead atoms. The number of allylic oxidation sites excluding steroid dienone is 1. The van der Waals surface area contributed by atoms with Crippen LogP contribution >= 0.6 is 0 Å². The van der Waals surface area contributed by atoms with Crippen molar-refractivity contribution in [1.29, 1.82) is 0 Å². The second-order valence-corrected chi connectivity index (χ2v) is 11.7. The van der Waals surface area contributed by atoms with Gasteiger partial charge in [-0.25, -0.2) is 12.8 Å². The summed E-state index contributed by atoms with van der Waals surface area (Å²) >= 11 is 0. The van der Waals surface area contributed by atoms with Crippen LogP contribution in [0.25, 0.3) is 0 Å². The number of ether oxygens (including phenoxy) is 2. The summed E-state index contributed by atoms with van der Waals surface area (Å²) in [5.41, 5.74) is -5.80. The van der Waals surface area contributed by atoms with E-state index < -0.39 is 55.8 Å². The Morgan fingerprint density at radius 3 is 2.45 bits per heavy atom. The van der Waals surface area contributed by atoms with Gasteiger partial charge in [-0.2, -0.15) is 13.2 Å². The average Bonchev–Trinajstić information content (AvgIpc) is 3.53. The van der Waals surface area contributed by atoms with Gasteiger partial charge in [0.25, 0.3) is 15.7 Å². The zero-order valence-corrected chi connectivity index (χ0v) is 22.8. The van der Waals surface area contributed by atoms with E-state index in [4.69, 9.17) is 14.6 Å². The molecule has 4 rings (SSSR count). The fourth-order valence-electron chi connectivity index (χ4n) is 5.10. The minimum absolute atomic E-state index is 0.0989. The third-order valence-electron chi connectivity index (χ3n) is 7.07. The number of hydrogen-bond donors (Lipinski definition) is 3. The molecule has 2 aromatic carbocycles. The molecule has 0 aromatic heterocycles. The molecular formula is C27H26F4N2O8S. The lowest BCUT2D eigenvalue weighted by atomic mass is 9.87. The van der Waals surface area contributed by atoms with Crippen molar-refractivity contribution in [2.45, 2.75) is 35.7 Å². The molecule has 15 heteroatoms. The number of anilines is 1. The van der Waals surface area contributed by atoms with Gasteiger partial charge in [-0.05, 0) is 48.9 Å². The number of benzene rings is 2. The molecule has 2 aliphatic carbocycles. The number of aliphatic carboxylic acids is 1. The number of fused-ring (bicyclic) bond motifs is 2. The largest absolute Gasteiger partial charge is 0.501 e. The summed E-state index contributed by atoms with van der Waals surface area (Å²) in [7, 11) is -4.41. The van der Waals surface area contributed by atoms with E-state index in [9.17, 15) is 40.4 Å². The van der Waals surface area contributed by atoms with Gasteiger partial charge in [0, 0.05) is 24.2 Å². The number of hydrogen-bond acceptors (Lipinski definition) is 7. The lowest BCUT2D eigenvalue weighted by molar-refractivity contribution is -0.137. The number of alkyl halides is 3. The van der Waals surface area contributed by atoms with Gasteiger partial charge in [0.15, 0.2) is 11.6 Å². The highest BCUT2D eigenvalue weighted by Gasteiger charge is 2.49. The molecule has 226 valence electrons. The van der Waals surface area contributed by atoms with Crippen LogP contribution in [0.5, 0.6) is 11.5 Å². The Kier molecular flexibility index (Phi) is 8.80. The summed E-state index contributed by atoms with van der Waals surface area (Å²) in [6.45, 7) is -0.124. The summed E-state index contributed by atoms with van der Waals surface area (Å²) in [6, 6.07) is 5.07. The van der Waals surface area contributed by atoms with Crippen LogP contribution in [0, 0.1) is 23.6 Å². The van der Waals surface area contributed by atoms with E-state index in [1.54, 1.807) is 6.08 Å². The van der Waals surface area contributed by atoms with Gasteiger partial charge >= 0.3 is 11.5 Å². The molecule has 3 N–H and O–H groups in total. The van der Waals surface area contributed by atoms with Crippen LogP contribution in [-0.2, 0) is 19.4 Å². The maximum atomic E-state index is 14.5. The van der Waals surface area contributed by atoms with Crippen molar-refractivity contribution in [3.05, 3.63) is 59.9 Å². The number of carbonyl (C=O) groups excluding carboxylic acids is 2. The van der Waals surface area contributed by atoms with Crippen molar-refractivity contribution >= 4 is 33.3 Å². The Labute approximate surface area is 237 Å². The Morgan fingerprint density at radius 1 is 1.07 bits per heavy atom. The van der Waals surface area contributed by atoms with Gasteiger partial charge in [0.1, 0.15) is 5.75 Å². The molecule has 2 aliphatic rings. The molecule has 42 heavy (non-hydrogen) atoms. The summed E-state index contributed by atoms with van der Waals surface area (Å²) < 4.78 is 87.6. The Morgan fingerprint density at radius 2 is 1.79 bits per heavy atom. The first-order valence-electron chi connectivity index (χ1n) is 12.7. The molecular weight excluding hydrogens is 588 g/mol. The van der Waals surface area contributed by atoms with Crippen LogP contribution in [-0.4, -0.2) is 56.6 Å². The number of carboxylic acid groups (broad SMARTS) is 1. The average molecular weight is 615 g/mol. The van der Waals surface area contributed by atoms with E-state index in [1.165, 1.54) is 13.2 Å². The number of halogens is 4. The van der Waals surface area contributed by atoms with Gasteiger partial charge in [-0.15, -0.1) is 0 Å². The lowest BCUT2D eigenvalue weighted by Gasteiger charge is -2.28. The molecule has 1 saturated carbocycles. The smallest absolute Gasteiger partial charge is 0.496 e. The van der Waals surface area contributed by atoms with Gasteiger partial charge in [0.2, 0.25) is 5.91 Å². The third-order valence-corrected chi connectivity index (χ3v) is 8.55. The fourth-order valence-corrected chi connectivity index (χ4v) is 5.91. The summed E-state index contributed by atoms with van der Waals surface area (Å²) in [4.78, 5) is 36.3. The SMILES string of the molecule is COc1cc(F)c(OCCCC(=O)O)cc1C(=O)N[C@@H]1[C@H](C(=O)Nc2cccc(S(=O)(=O)C(F)(F)F)c2)[C@H]2C=C[C@@H]1C2. The molecule has 0 spiro atoms. The minimum atomic E-state index is -5.64. The maximum Gasteiger partial charge on any atom is 0.501 e. The van der Waals surface area contributed by atoms with Crippen LogP contribution in [0.4, 0.5) is 23.2 Å². The van der Waals surface area contributed by atoms with Crippen molar-refractivity contribution in [2.75, 3.05) is 19.0 Å². The predicted molar refractivity (Wildman–Crippen MR) is 139 cm³/mol. The molecule has 0 unspecified atom stereocenters. The molecule has 10 nitrogen and oxygen atoms in total. The number of methoxy groups -OCH3 is 1. The first-order valence-corrected chi connectivity index (χ1v) is 14.1. The Bertz CT molecular complexity index is 1530. The summed E-state index contributed by atoms with van der Waals surface area (Å²) in [6.07, 6.45) is 4.03. The lowest BCUT2D eigenvalue weighted by Crippen LogP contribution is -2.47. The van der Waals surface area contributed by atoms with Crippen molar-refractivity contribution in [2.24, 2.45) is 17.8 Å². The third kappa shape index (κ3) is 6.35. The predicted octanol–water partition coefficient (Wildman–Crippen LogP) is 3.93. The number of sulfone groups is 1. The normalized spacial score (nSPS) is 21.2. The Hall–Kier alpha value is -4.14. The molecule has 4 atom stereocenters. The highest BCUT2D eigenvalue weighted by atomic mass is 32.2. The molecule has 0 radical (unpaired) electrons. The molecule has 1 fully saturated rings. The van der Waals surface area contributed by atoms with Gasteiger partial charge in [-0.1, -0.05) is 18.2 Å². The fraction of sp³-hybridized carbons (Fsp3) is 0.370. The van der Waals surface area contributed by atoms with E-state index in [0.29, 0.717) is 12.5 Å². The molecule has 2 amide bonds. The highest BCUT2D eigenvalue weighted by molar-refractivity contribution is 7.92. The van der Waals surface area contributed by atoms with Crippen LogP contribution in [0.15, 0.2) is 53.4 Å². The van der Waals surface area contributed by atoms with Crippen LogP contribution in [0.3, 0.4) is 0 Å². The van der Waals surface area contributed by atoms with Crippen molar-refractivity contribution in [3.63, 3.8) is 0 Å². The first-order chi connectivity index (χ1) is 19.7. The van der Waals surface area contributed by atoms with Gasteiger partial charge in [0.05, 0.1) is 30.1 Å². The standard InChI is InChI=1S/C27H26F4N2O8S/c1-40-20-13-19(28)21(41-9-3-6-22(34)35)12-18(20)25(36)33-24-15-8-7-14(10-15)23(24)26(37)32-16-4-2-5-17(11-16)42(38,39)27(29,30)31/h2,4-5,7-8,11-15,23-24H,3,6,9-10H2,1H3,(H,32,37)(H,33,36)(H,34,35)/t14-,15+,23+,24-/m0/s1. The van der Waals surface area contributed by atoms with Gasteiger partial charge in [-0.3, -0.25) is 14.4 Å². The van der Waals surface area contributed by atoms with E-state index >= 15 is 0 Å². The topological polar surface area (TPSA) is 148 Å². The molecule has 0 aliphatic heterocycles. The van der Waals surface area contributed by atoms with Crippen molar-refractivity contribution < 1.29 is 54.9 Å². The molecule has 0 heterocycles. The number of carboxylic acids is 1. The maximum absolute atomic E-state index is 14.5. The first kappa shape index (κ1) is 30.8. The van der Waals surface area contributed by atoms with E-state index in [0.717, 1.165) is 24.3 Å². The second-order valence-electron chi connectivity index (χ2n) is 9.77. The molecule has 2 aromatic rings. The van der Waals surface area contributed by atoms with Crippen molar-refractivity contribution in [3.8, 4) is 11.5 Å². The summed E-state index contributed by atoms with van der Waals surface area (Å²) in [5.74, 6) is -5.11. The second kappa shape index (κ2) is 12.0. The van der Waals surface area contributed by atoms with Crippen LogP contribution < -0.4 is 20.1 Å². The number of nitrogens with one attached hydrogen (secondary N) is 2. The van der Waals surface area contributed by atoms with E-state index in [-0.39, 0.29) is 54.0 Å². The monoisotopic (exact) mass is 614 g/mol. The van der Waals surface area contributed by atoms with Crippen LogP contribution in [0.2, 0.25) is 0 Å². The molecule has 0 saturated heterocycles. The van der Waals surface area contributed by atoms with Crippen molar-refractivity contribution in [1.82, 2.24) is 5.32 Å². The quantitative estimate of drug-likeness (QED) is 0.196. The Balaban J connectivity index is 1.52. The zero-order chi connectivity index (χ0) is 30.8. The number of rotatable bonds is 11. The summed E-state index contributed by atoms with van der Waals surface area (Å²) in [5, 5.41) is 14.0. The number of carbonyl (C=O) groups is 3. The minimum Gasteiger partial charge on any atom is -0.496 e. The number of amides is 2. The van der Waals surface area contributed by atoms with E-state index in [1.807, 2.05) is 6.08 Å². The highest BCUT2D eigenvalue weighted by Crippen LogP contribution is 2.44.